The topological polar surface area (TPSA) is 47.6 Å². The van der Waals surface area contributed by atoms with Gasteiger partial charge in [0, 0.05) is 6.54 Å². The Morgan fingerprint density at radius 2 is 1.81 bits per heavy atom. The van der Waals surface area contributed by atoms with Gasteiger partial charge in [-0.15, -0.1) is 0 Å². The van der Waals surface area contributed by atoms with E-state index in [0.29, 0.717) is 19.1 Å². The highest BCUT2D eigenvalue weighted by Crippen LogP contribution is 2.27. The molecule has 0 aliphatic heterocycles. The van der Waals surface area contributed by atoms with Crippen LogP contribution in [0.25, 0.3) is 0 Å². The first-order valence-corrected chi connectivity index (χ1v) is 9.71. The van der Waals surface area contributed by atoms with E-state index in [2.05, 4.69) is 43.4 Å². The van der Waals surface area contributed by atoms with Gasteiger partial charge in [0.2, 0.25) is 0 Å². The molecule has 0 saturated carbocycles. The number of ether oxygens (including phenoxy) is 2. The van der Waals surface area contributed by atoms with Crippen molar-refractivity contribution < 1.29 is 14.3 Å². The molecule has 0 spiro atoms. The van der Waals surface area contributed by atoms with Crippen LogP contribution < -0.4 is 14.8 Å². The molecule has 0 fully saturated rings. The van der Waals surface area contributed by atoms with Crippen molar-refractivity contribution in [2.45, 2.75) is 46.5 Å². The Balaban J connectivity index is 1.71. The van der Waals surface area contributed by atoms with E-state index in [1.807, 2.05) is 32.0 Å². The van der Waals surface area contributed by atoms with E-state index in [4.69, 9.17) is 9.47 Å². The fourth-order valence-corrected chi connectivity index (χ4v) is 2.88. The van der Waals surface area contributed by atoms with Crippen molar-refractivity contribution in [3.05, 3.63) is 59.2 Å². The van der Waals surface area contributed by atoms with Crippen molar-refractivity contribution >= 4 is 5.91 Å². The predicted octanol–water partition coefficient (Wildman–Crippen LogP) is 4.64. The molecule has 0 radical (unpaired) electrons. The molecule has 2 rings (SSSR count). The van der Waals surface area contributed by atoms with Gasteiger partial charge in [-0.3, -0.25) is 4.79 Å². The van der Waals surface area contributed by atoms with E-state index in [0.717, 1.165) is 35.5 Å². The van der Waals surface area contributed by atoms with Crippen molar-refractivity contribution in [2.24, 2.45) is 0 Å². The summed E-state index contributed by atoms with van der Waals surface area (Å²) in [5.74, 6) is 1.97. The first-order valence-electron chi connectivity index (χ1n) is 9.71. The van der Waals surface area contributed by atoms with Crippen molar-refractivity contribution in [3.63, 3.8) is 0 Å². The summed E-state index contributed by atoms with van der Waals surface area (Å²) in [6, 6.07) is 14.3. The SMILES string of the molecule is CCOc1ccc(CCCNC(=O)COc2cc(C)ccc2C(C)C)cc1. The van der Waals surface area contributed by atoms with Gasteiger partial charge in [0.1, 0.15) is 11.5 Å². The number of carbonyl (C=O) groups is 1. The first-order chi connectivity index (χ1) is 13.0. The van der Waals surface area contributed by atoms with Gasteiger partial charge in [0.15, 0.2) is 6.61 Å². The second-order valence-corrected chi connectivity index (χ2v) is 7.02. The molecule has 0 heterocycles. The van der Waals surface area contributed by atoms with Crippen LogP contribution in [0.4, 0.5) is 0 Å². The zero-order valence-corrected chi connectivity index (χ0v) is 16.9. The summed E-state index contributed by atoms with van der Waals surface area (Å²) in [6.07, 6.45) is 1.81. The number of benzene rings is 2. The van der Waals surface area contributed by atoms with Crippen LogP contribution in [0.5, 0.6) is 11.5 Å². The quantitative estimate of drug-likeness (QED) is 0.620. The predicted molar refractivity (Wildman–Crippen MR) is 110 cm³/mol. The molecule has 27 heavy (non-hydrogen) atoms. The molecule has 0 aromatic heterocycles. The Morgan fingerprint density at radius 1 is 1.07 bits per heavy atom. The van der Waals surface area contributed by atoms with Crippen LogP contribution >= 0.6 is 0 Å². The van der Waals surface area contributed by atoms with E-state index in [1.54, 1.807) is 0 Å². The number of hydrogen-bond acceptors (Lipinski definition) is 3. The summed E-state index contributed by atoms with van der Waals surface area (Å²) < 4.78 is 11.2. The van der Waals surface area contributed by atoms with Crippen LogP contribution in [-0.2, 0) is 11.2 Å². The third kappa shape index (κ3) is 6.97. The fourth-order valence-electron chi connectivity index (χ4n) is 2.88. The lowest BCUT2D eigenvalue weighted by molar-refractivity contribution is -0.123. The molecule has 1 N–H and O–H groups in total. The Bertz CT molecular complexity index is 723. The van der Waals surface area contributed by atoms with E-state index in [1.165, 1.54) is 5.56 Å². The molecule has 4 heteroatoms. The van der Waals surface area contributed by atoms with Crippen LogP contribution in [-0.4, -0.2) is 25.7 Å². The minimum atomic E-state index is -0.0853. The number of amides is 1. The van der Waals surface area contributed by atoms with Crippen LogP contribution in [0.1, 0.15) is 49.8 Å². The van der Waals surface area contributed by atoms with Gasteiger partial charge < -0.3 is 14.8 Å². The zero-order valence-electron chi connectivity index (χ0n) is 16.9. The average molecular weight is 370 g/mol. The lowest BCUT2D eigenvalue weighted by Gasteiger charge is -2.14. The van der Waals surface area contributed by atoms with E-state index in [9.17, 15) is 4.79 Å². The van der Waals surface area contributed by atoms with Crippen molar-refractivity contribution in [3.8, 4) is 11.5 Å². The highest BCUT2D eigenvalue weighted by atomic mass is 16.5. The minimum Gasteiger partial charge on any atom is -0.494 e. The molecule has 2 aromatic rings. The van der Waals surface area contributed by atoms with Gasteiger partial charge in [-0.1, -0.05) is 38.1 Å². The second-order valence-electron chi connectivity index (χ2n) is 7.02. The summed E-state index contributed by atoms with van der Waals surface area (Å²) in [5, 5.41) is 2.93. The zero-order chi connectivity index (χ0) is 19.6. The largest absolute Gasteiger partial charge is 0.494 e. The van der Waals surface area contributed by atoms with Crippen LogP contribution in [0.3, 0.4) is 0 Å². The summed E-state index contributed by atoms with van der Waals surface area (Å²) >= 11 is 0. The summed E-state index contributed by atoms with van der Waals surface area (Å²) in [6.45, 7) is 9.61. The first kappa shape index (κ1) is 20.8. The number of rotatable bonds is 10. The number of carbonyl (C=O) groups excluding carboxylic acids is 1. The van der Waals surface area contributed by atoms with Crippen molar-refractivity contribution in [1.82, 2.24) is 5.32 Å². The maximum absolute atomic E-state index is 12.1. The molecule has 0 unspecified atom stereocenters. The summed E-state index contributed by atoms with van der Waals surface area (Å²) in [7, 11) is 0. The molecule has 146 valence electrons. The molecule has 0 saturated heterocycles. The highest BCUT2D eigenvalue weighted by Gasteiger charge is 2.10. The fraction of sp³-hybridized carbons (Fsp3) is 0.435. The van der Waals surface area contributed by atoms with Crippen LogP contribution in [0.2, 0.25) is 0 Å². The average Bonchev–Trinajstić information content (AvgIpc) is 2.65. The lowest BCUT2D eigenvalue weighted by atomic mass is 10.0. The molecule has 4 nitrogen and oxygen atoms in total. The van der Waals surface area contributed by atoms with E-state index < -0.39 is 0 Å². The molecule has 0 aliphatic carbocycles. The lowest BCUT2D eigenvalue weighted by Crippen LogP contribution is -2.30. The third-order valence-corrected chi connectivity index (χ3v) is 4.35. The Morgan fingerprint density at radius 3 is 2.48 bits per heavy atom. The summed E-state index contributed by atoms with van der Waals surface area (Å²) in [4.78, 5) is 12.1. The standard InChI is InChI=1S/C23H31NO3/c1-5-26-20-11-9-19(10-12-20)7-6-14-24-23(25)16-27-22-15-18(4)8-13-21(22)17(2)3/h8-13,15,17H,5-7,14,16H2,1-4H3,(H,24,25). The van der Waals surface area contributed by atoms with Gasteiger partial charge in [-0.2, -0.15) is 0 Å². The minimum absolute atomic E-state index is 0.0478. The Labute approximate surface area is 162 Å². The van der Waals surface area contributed by atoms with Crippen LogP contribution in [0.15, 0.2) is 42.5 Å². The van der Waals surface area contributed by atoms with Gasteiger partial charge in [-0.05, 0) is 67.5 Å². The molecular weight excluding hydrogens is 338 g/mol. The molecule has 2 aromatic carbocycles. The highest BCUT2D eigenvalue weighted by molar-refractivity contribution is 5.77. The van der Waals surface area contributed by atoms with Gasteiger partial charge in [0.25, 0.3) is 5.91 Å². The van der Waals surface area contributed by atoms with Gasteiger partial charge in [0.05, 0.1) is 6.61 Å². The second kappa shape index (κ2) is 10.6. The Hall–Kier alpha value is -2.49. The van der Waals surface area contributed by atoms with E-state index in [-0.39, 0.29) is 12.5 Å². The normalized spacial score (nSPS) is 10.7. The van der Waals surface area contributed by atoms with Crippen LogP contribution in [0, 0.1) is 6.92 Å². The molecule has 1 amide bonds. The third-order valence-electron chi connectivity index (χ3n) is 4.35. The van der Waals surface area contributed by atoms with Crippen molar-refractivity contribution in [2.75, 3.05) is 19.8 Å². The van der Waals surface area contributed by atoms with Crippen molar-refractivity contribution in [1.29, 1.82) is 0 Å². The van der Waals surface area contributed by atoms with E-state index >= 15 is 0 Å². The maximum atomic E-state index is 12.1. The molecule has 0 atom stereocenters. The number of nitrogens with one attached hydrogen (secondary N) is 1. The smallest absolute Gasteiger partial charge is 0.257 e. The molecule has 0 aliphatic rings. The molecule has 0 bridgehead atoms. The Kier molecular flexibility index (Phi) is 8.18. The van der Waals surface area contributed by atoms with Gasteiger partial charge in [-0.25, -0.2) is 0 Å². The summed E-state index contributed by atoms with van der Waals surface area (Å²) in [5.41, 5.74) is 3.50. The van der Waals surface area contributed by atoms with Gasteiger partial charge >= 0.3 is 0 Å². The number of aryl methyl sites for hydroxylation is 2. The number of hydrogen-bond donors (Lipinski definition) is 1. The molecular formula is C23H31NO3. The maximum Gasteiger partial charge on any atom is 0.257 e. The monoisotopic (exact) mass is 369 g/mol.